The van der Waals surface area contributed by atoms with E-state index < -0.39 is 0 Å². The van der Waals surface area contributed by atoms with Crippen molar-refractivity contribution >= 4 is 11.8 Å². The van der Waals surface area contributed by atoms with E-state index in [-0.39, 0.29) is 0 Å². The fourth-order valence-corrected chi connectivity index (χ4v) is 1.67. The summed E-state index contributed by atoms with van der Waals surface area (Å²) in [5.74, 6) is 0.405. The first kappa shape index (κ1) is 7.95. The Balaban J connectivity index is 2.36. The first-order valence-electron chi connectivity index (χ1n) is 3.91. The maximum atomic E-state index is 9.49. The van der Waals surface area contributed by atoms with Crippen molar-refractivity contribution < 1.29 is 5.11 Å². The number of aromatic hydroxyl groups is 1. The molecule has 0 aromatic heterocycles. The van der Waals surface area contributed by atoms with Crippen molar-refractivity contribution in [3.63, 3.8) is 0 Å². The van der Waals surface area contributed by atoms with E-state index >= 15 is 0 Å². The van der Waals surface area contributed by atoms with Crippen molar-refractivity contribution in [3.05, 3.63) is 23.8 Å². The third-order valence-electron chi connectivity index (χ3n) is 2.02. The highest BCUT2D eigenvalue weighted by Gasteiger charge is 2.25. The lowest BCUT2D eigenvalue weighted by Crippen LogP contribution is -1.85. The molecule has 1 fully saturated rings. The SMILES string of the molecule is CSc1ccc(O)c([C@@H]2CN2)c1. The van der Waals surface area contributed by atoms with Crippen molar-refractivity contribution in [3.8, 4) is 5.75 Å². The largest absolute Gasteiger partial charge is 0.508 e. The lowest BCUT2D eigenvalue weighted by atomic mass is 10.1. The van der Waals surface area contributed by atoms with Crippen molar-refractivity contribution in [1.82, 2.24) is 5.32 Å². The summed E-state index contributed by atoms with van der Waals surface area (Å²) in [7, 11) is 0. The van der Waals surface area contributed by atoms with E-state index in [1.165, 1.54) is 4.90 Å². The lowest BCUT2D eigenvalue weighted by Gasteiger charge is -2.03. The Labute approximate surface area is 76.0 Å². The first-order chi connectivity index (χ1) is 5.81. The number of phenolic OH excluding ortho intramolecular Hbond substituents is 1. The van der Waals surface area contributed by atoms with Gasteiger partial charge < -0.3 is 10.4 Å². The Morgan fingerprint density at radius 3 is 2.92 bits per heavy atom. The normalized spacial score (nSPS) is 20.9. The number of nitrogens with one attached hydrogen (secondary N) is 1. The summed E-state index contributed by atoms with van der Waals surface area (Å²) < 4.78 is 0. The van der Waals surface area contributed by atoms with E-state index in [0.29, 0.717) is 11.8 Å². The molecule has 0 saturated carbocycles. The molecule has 1 aromatic rings. The quantitative estimate of drug-likeness (QED) is 0.539. The lowest BCUT2D eigenvalue weighted by molar-refractivity contribution is 0.467. The molecule has 0 radical (unpaired) electrons. The van der Waals surface area contributed by atoms with Crippen LogP contribution in [0.5, 0.6) is 5.75 Å². The number of hydrogen-bond donors (Lipinski definition) is 2. The van der Waals surface area contributed by atoms with Crippen LogP contribution in [0.2, 0.25) is 0 Å². The molecule has 12 heavy (non-hydrogen) atoms. The number of thioether (sulfide) groups is 1. The molecule has 2 nitrogen and oxygen atoms in total. The molecule has 1 aliphatic rings. The topological polar surface area (TPSA) is 42.2 Å². The number of benzene rings is 1. The maximum absolute atomic E-state index is 9.49. The molecule has 1 heterocycles. The van der Waals surface area contributed by atoms with Crippen LogP contribution in [-0.4, -0.2) is 17.9 Å². The fraction of sp³-hybridized carbons (Fsp3) is 0.333. The molecule has 2 rings (SSSR count). The van der Waals surface area contributed by atoms with Crippen LogP contribution in [0.25, 0.3) is 0 Å². The van der Waals surface area contributed by atoms with E-state index in [4.69, 9.17) is 0 Å². The van der Waals surface area contributed by atoms with Gasteiger partial charge in [-0.05, 0) is 24.5 Å². The predicted octanol–water partition coefficient (Wildman–Crippen LogP) is 1.76. The highest BCUT2D eigenvalue weighted by molar-refractivity contribution is 7.98. The Morgan fingerprint density at radius 1 is 1.58 bits per heavy atom. The minimum Gasteiger partial charge on any atom is -0.508 e. The van der Waals surface area contributed by atoms with Gasteiger partial charge in [-0.15, -0.1) is 11.8 Å². The van der Waals surface area contributed by atoms with Crippen LogP contribution in [0, 0.1) is 0 Å². The fourth-order valence-electron chi connectivity index (χ4n) is 1.22. The van der Waals surface area contributed by atoms with E-state index in [2.05, 4.69) is 5.32 Å². The Kier molecular flexibility index (Phi) is 1.98. The van der Waals surface area contributed by atoms with Gasteiger partial charge in [-0.2, -0.15) is 0 Å². The molecular formula is C9H11NOS. The third-order valence-corrected chi connectivity index (χ3v) is 2.74. The molecule has 0 aliphatic carbocycles. The second kappa shape index (κ2) is 2.99. The van der Waals surface area contributed by atoms with Gasteiger partial charge in [0.1, 0.15) is 5.75 Å². The highest BCUT2D eigenvalue weighted by Crippen LogP contribution is 2.32. The summed E-state index contributed by atoms with van der Waals surface area (Å²) in [5.41, 5.74) is 1.03. The van der Waals surface area contributed by atoms with Crippen molar-refractivity contribution in [2.75, 3.05) is 12.8 Å². The number of phenols is 1. The zero-order valence-electron chi connectivity index (χ0n) is 6.87. The molecule has 2 N–H and O–H groups in total. The molecule has 0 unspecified atom stereocenters. The van der Waals surface area contributed by atoms with Gasteiger partial charge >= 0.3 is 0 Å². The van der Waals surface area contributed by atoms with E-state index in [1.807, 2.05) is 18.4 Å². The minimum atomic E-state index is 0.386. The highest BCUT2D eigenvalue weighted by atomic mass is 32.2. The van der Waals surface area contributed by atoms with Crippen LogP contribution >= 0.6 is 11.8 Å². The standard InChI is InChI=1S/C9H11NOS/c1-12-6-2-3-9(11)7(4-6)8-5-10-8/h2-4,8,10-11H,5H2,1H3/t8-/m0/s1. The monoisotopic (exact) mass is 181 g/mol. The van der Waals surface area contributed by atoms with Crippen LogP contribution in [0.3, 0.4) is 0 Å². The van der Waals surface area contributed by atoms with Crippen LogP contribution in [0.4, 0.5) is 0 Å². The zero-order valence-corrected chi connectivity index (χ0v) is 7.69. The summed E-state index contributed by atoms with van der Waals surface area (Å²) in [5, 5.41) is 12.7. The predicted molar refractivity (Wildman–Crippen MR) is 50.6 cm³/mol. The molecule has 0 spiro atoms. The average Bonchev–Trinajstić information content (AvgIpc) is 2.88. The number of rotatable bonds is 2. The molecule has 1 aliphatic heterocycles. The second-order valence-corrected chi connectivity index (χ2v) is 3.77. The Morgan fingerprint density at radius 2 is 2.33 bits per heavy atom. The zero-order chi connectivity index (χ0) is 8.55. The molecule has 1 saturated heterocycles. The van der Waals surface area contributed by atoms with Gasteiger partial charge in [0.15, 0.2) is 0 Å². The van der Waals surface area contributed by atoms with Crippen LogP contribution in [0.1, 0.15) is 11.6 Å². The summed E-state index contributed by atoms with van der Waals surface area (Å²) in [6.07, 6.45) is 2.04. The van der Waals surface area contributed by atoms with E-state index in [0.717, 1.165) is 12.1 Å². The van der Waals surface area contributed by atoms with Crippen molar-refractivity contribution in [1.29, 1.82) is 0 Å². The molecular weight excluding hydrogens is 170 g/mol. The van der Waals surface area contributed by atoms with Crippen LogP contribution < -0.4 is 5.32 Å². The summed E-state index contributed by atoms with van der Waals surface area (Å²) >= 11 is 1.70. The van der Waals surface area contributed by atoms with Gasteiger partial charge in [0.25, 0.3) is 0 Å². The summed E-state index contributed by atoms with van der Waals surface area (Å²) in [4.78, 5) is 1.21. The second-order valence-electron chi connectivity index (χ2n) is 2.89. The molecule has 1 aromatic carbocycles. The molecule has 0 bridgehead atoms. The Bertz CT molecular complexity index is 297. The van der Waals surface area contributed by atoms with E-state index in [1.54, 1.807) is 17.8 Å². The van der Waals surface area contributed by atoms with Crippen molar-refractivity contribution in [2.45, 2.75) is 10.9 Å². The van der Waals surface area contributed by atoms with E-state index in [9.17, 15) is 5.11 Å². The Hall–Kier alpha value is -0.670. The van der Waals surface area contributed by atoms with Gasteiger partial charge in [-0.25, -0.2) is 0 Å². The number of hydrogen-bond acceptors (Lipinski definition) is 3. The average molecular weight is 181 g/mol. The van der Waals surface area contributed by atoms with Gasteiger partial charge in [0, 0.05) is 23.0 Å². The van der Waals surface area contributed by atoms with Gasteiger partial charge in [0.2, 0.25) is 0 Å². The third kappa shape index (κ3) is 1.42. The van der Waals surface area contributed by atoms with Crippen molar-refractivity contribution in [2.24, 2.45) is 0 Å². The van der Waals surface area contributed by atoms with Crippen LogP contribution in [-0.2, 0) is 0 Å². The summed E-state index contributed by atoms with van der Waals surface area (Å²) in [6.45, 7) is 0.991. The molecule has 3 heteroatoms. The van der Waals surface area contributed by atoms with Gasteiger partial charge in [0.05, 0.1) is 0 Å². The minimum absolute atomic E-state index is 0.386. The maximum Gasteiger partial charge on any atom is 0.120 e. The first-order valence-corrected chi connectivity index (χ1v) is 5.14. The smallest absolute Gasteiger partial charge is 0.120 e. The molecule has 1 atom stereocenters. The molecule has 64 valence electrons. The molecule has 0 amide bonds. The van der Waals surface area contributed by atoms with Gasteiger partial charge in [-0.1, -0.05) is 0 Å². The van der Waals surface area contributed by atoms with Crippen LogP contribution in [0.15, 0.2) is 23.1 Å². The van der Waals surface area contributed by atoms with Gasteiger partial charge in [-0.3, -0.25) is 0 Å². The summed E-state index contributed by atoms with van der Waals surface area (Å²) in [6, 6.07) is 6.13.